The molecule has 1 atom stereocenters. The summed E-state index contributed by atoms with van der Waals surface area (Å²) in [5.41, 5.74) is 4.88. The molecule has 3 rings (SSSR count). The molecule has 0 aliphatic carbocycles. The Labute approximate surface area is 192 Å². The Balaban J connectivity index is 0.00000300. The number of nitrogens with one attached hydrogen (secondary N) is 3. The Morgan fingerprint density at radius 2 is 1.83 bits per heavy atom. The third-order valence-electron chi connectivity index (χ3n) is 4.70. The van der Waals surface area contributed by atoms with E-state index >= 15 is 0 Å². The number of rotatable bonds is 8. The first kappa shape index (κ1) is 23.4. The monoisotopic (exact) mass is 524 g/mol. The molecular weight excluding hydrogens is 495 g/mol. The lowest BCUT2D eigenvalue weighted by Crippen LogP contribution is -2.40. The van der Waals surface area contributed by atoms with Crippen molar-refractivity contribution in [1.29, 1.82) is 0 Å². The molecule has 7 heteroatoms. The molecule has 29 heavy (non-hydrogen) atoms. The van der Waals surface area contributed by atoms with Gasteiger partial charge >= 0.3 is 0 Å². The van der Waals surface area contributed by atoms with Crippen molar-refractivity contribution in [3.05, 3.63) is 71.4 Å². The summed E-state index contributed by atoms with van der Waals surface area (Å²) in [5, 5.41) is 7.90. The van der Waals surface area contributed by atoms with Gasteiger partial charge < -0.3 is 15.6 Å². The number of halogens is 1. The number of hydrogen-bond donors (Lipinski definition) is 3. The minimum atomic E-state index is -0.887. The lowest BCUT2D eigenvalue weighted by molar-refractivity contribution is 0.680. The highest BCUT2D eigenvalue weighted by Gasteiger charge is 2.07. The molecule has 2 aromatic carbocycles. The van der Waals surface area contributed by atoms with Crippen LogP contribution in [0.5, 0.6) is 0 Å². The van der Waals surface area contributed by atoms with Gasteiger partial charge in [0.1, 0.15) is 0 Å². The predicted molar refractivity (Wildman–Crippen MR) is 135 cm³/mol. The molecule has 0 radical (unpaired) electrons. The summed E-state index contributed by atoms with van der Waals surface area (Å²) < 4.78 is 12.2. The number of aromatic nitrogens is 1. The highest BCUT2D eigenvalue weighted by molar-refractivity contribution is 14.0. The number of benzene rings is 2. The molecule has 5 nitrogen and oxygen atoms in total. The van der Waals surface area contributed by atoms with Crippen LogP contribution in [0.1, 0.15) is 16.7 Å². The summed E-state index contributed by atoms with van der Waals surface area (Å²) in [7, 11) is 0.869. The summed E-state index contributed by atoms with van der Waals surface area (Å²) in [5.74, 6) is 1.93. The van der Waals surface area contributed by atoms with E-state index in [-0.39, 0.29) is 24.0 Å². The second kappa shape index (κ2) is 12.0. The maximum Gasteiger partial charge on any atom is 0.191 e. The number of nitrogens with zero attached hydrogens (tertiary/aromatic N) is 1. The third kappa shape index (κ3) is 6.85. The van der Waals surface area contributed by atoms with Crippen molar-refractivity contribution in [2.75, 3.05) is 25.9 Å². The van der Waals surface area contributed by atoms with Gasteiger partial charge in [-0.15, -0.1) is 24.0 Å². The first-order valence-electron chi connectivity index (χ1n) is 9.56. The van der Waals surface area contributed by atoms with E-state index in [2.05, 4.69) is 51.9 Å². The fourth-order valence-corrected chi connectivity index (χ4v) is 4.34. The maximum atomic E-state index is 12.2. The molecule has 1 unspecified atom stereocenters. The van der Waals surface area contributed by atoms with E-state index < -0.39 is 10.8 Å². The van der Waals surface area contributed by atoms with Crippen molar-refractivity contribution < 1.29 is 4.21 Å². The largest absolute Gasteiger partial charge is 0.361 e. The average molecular weight is 524 g/mol. The minimum absolute atomic E-state index is 0. The maximum absolute atomic E-state index is 12.2. The molecule has 0 saturated carbocycles. The van der Waals surface area contributed by atoms with Gasteiger partial charge in [0.25, 0.3) is 0 Å². The van der Waals surface area contributed by atoms with Crippen LogP contribution in [-0.2, 0) is 23.0 Å². The Hall–Kier alpha value is -1.87. The zero-order valence-electron chi connectivity index (χ0n) is 16.9. The molecule has 0 aliphatic rings. The summed E-state index contributed by atoms with van der Waals surface area (Å²) >= 11 is 0. The van der Waals surface area contributed by atoms with Crippen LogP contribution < -0.4 is 10.6 Å². The van der Waals surface area contributed by atoms with Gasteiger partial charge in [-0.05, 0) is 36.1 Å². The second-order valence-corrected chi connectivity index (χ2v) is 8.34. The molecule has 3 aromatic rings. The Bertz CT molecular complexity index is 956. The van der Waals surface area contributed by atoms with Gasteiger partial charge in [0.15, 0.2) is 5.96 Å². The number of guanidine groups is 1. The quantitative estimate of drug-likeness (QED) is 0.239. The van der Waals surface area contributed by atoms with E-state index in [1.54, 1.807) is 7.05 Å². The van der Waals surface area contributed by atoms with Crippen LogP contribution >= 0.6 is 24.0 Å². The van der Waals surface area contributed by atoms with E-state index in [4.69, 9.17) is 0 Å². The molecule has 0 amide bonds. The summed E-state index contributed by atoms with van der Waals surface area (Å²) in [6, 6.07) is 16.3. The summed E-state index contributed by atoms with van der Waals surface area (Å²) in [4.78, 5) is 7.60. The van der Waals surface area contributed by atoms with Gasteiger partial charge in [-0.25, -0.2) is 0 Å². The van der Waals surface area contributed by atoms with E-state index in [9.17, 15) is 4.21 Å². The van der Waals surface area contributed by atoms with Crippen LogP contribution in [0.4, 0.5) is 0 Å². The van der Waals surface area contributed by atoms with Crippen molar-refractivity contribution in [2.45, 2.75) is 19.1 Å². The van der Waals surface area contributed by atoms with Crippen LogP contribution in [0.15, 0.2) is 59.7 Å². The SMILES string of the molecule is CN=C(NCCc1c[nH]c2cccc(C)c12)NCCS(=O)Cc1ccccc1.I. The normalized spacial score (nSPS) is 12.4. The van der Waals surface area contributed by atoms with Crippen molar-refractivity contribution in [3.63, 3.8) is 0 Å². The molecule has 1 aromatic heterocycles. The number of H-pyrrole nitrogens is 1. The smallest absolute Gasteiger partial charge is 0.191 e. The highest BCUT2D eigenvalue weighted by Crippen LogP contribution is 2.22. The molecule has 156 valence electrons. The molecule has 3 N–H and O–H groups in total. The zero-order valence-corrected chi connectivity index (χ0v) is 20.1. The first-order chi connectivity index (χ1) is 13.7. The van der Waals surface area contributed by atoms with Crippen molar-refractivity contribution >= 4 is 51.6 Å². The summed E-state index contributed by atoms with van der Waals surface area (Å²) in [6.07, 6.45) is 2.99. The number of aryl methyl sites for hydroxylation is 1. The number of hydrogen-bond acceptors (Lipinski definition) is 2. The van der Waals surface area contributed by atoms with Crippen LogP contribution in [-0.4, -0.2) is 41.0 Å². The van der Waals surface area contributed by atoms with E-state index in [0.29, 0.717) is 18.1 Å². The van der Waals surface area contributed by atoms with Crippen LogP contribution in [0.3, 0.4) is 0 Å². The molecule has 0 bridgehead atoms. The van der Waals surface area contributed by atoms with Crippen LogP contribution in [0, 0.1) is 6.92 Å². The van der Waals surface area contributed by atoms with Crippen molar-refractivity contribution in [1.82, 2.24) is 15.6 Å². The molecule has 0 fully saturated rings. The second-order valence-electron chi connectivity index (χ2n) is 6.76. The average Bonchev–Trinajstić information content (AvgIpc) is 3.12. The number of aromatic amines is 1. The van der Waals surface area contributed by atoms with Gasteiger partial charge in [0, 0.05) is 59.5 Å². The fraction of sp³-hybridized carbons (Fsp3) is 0.318. The lowest BCUT2D eigenvalue weighted by Gasteiger charge is -2.12. The molecular formula is C22H29IN4OS. The Kier molecular flexibility index (Phi) is 9.66. The van der Waals surface area contributed by atoms with Gasteiger partial charge in [-0.2, -0.15) is 0 Å². The van der Waals surface area contributed by atoms with Gasteiger partial charge in [-0.3, -0.25) is 9.20 Å². The molecule has 0 saturated heterocycles. The van der Waals surface area contributed by atoms with Crippen molar-refractivity contribution in [3.8, 4) is 0 Å². The fourth-order valence-electron chi connectivity index (χ4n) is 3.30. The van der Waals surface area contributed by atoms with E-state index in [1.807, 2.05) is 30.3 Å². The molecule has 1 heterocycles. The van der Waals surface area contributed by atoms with Gasteiger partial charge in [0.2, 0.25) is 0 Å². The lowest BCUT2D eigenvalue weighted by atomic mass is 10.1. The van der Waals surface area contributed by atoms with Crippen molar-refractivity contribution in [2.24, 2.45) is 4.99 Å². The first-order valence-corrected chi connectivity index (χ1v) is 11.0. The molecule has 0 aliphatic heterocycles. The van der Waals surface area contributed by atoms with Gasteiger partial charge in [-0.1, -0.05) is 42.5 Å². The third-order valence-corrected chi connectivity index (χ3v) is 6.01. The topological polar surface area (TPSA) is 69.3 Å². The van der Waals surface area contributed by atoms with Crippen LogP contribution in [0.2, 0.25) is 0 Å². The van der Waals surface area contributed by atoms with Gasteiger partial charge in [0.05, 0.1) is 0 Å². The highest BCUT2D eigenvalue weighted by atomic mass is 127. The Morgan fingerprint density at radius 3 is 2.59 bits per heavy atom. The Morgan fingerprint density at radius 1 is 1.07 bits per heavy atom. The zero-order chi connectivity index (χ0) is 19.8. The standard InChI is InChI=1S/C22H28N4OS.HI/c1-17-7-6-10-20-21(17)19(15-26-20)11-12-24-22(23-2)25-13-14-28(27)16-18-8-4-3-5-9-18;/h3-10,15,26H,11-14,16H2,1-2H3,(H2,23,24,25);1H. The number of fused-ring (bicyclic) bond motifs is 1. The molecule has 0 spiro atoms. The van der Waals surface area contributed by atoms with E-state index in [0.717, 1.165) is 24.5 Å². The van der Waals surface area contributed by atoms with E-state index in [1.165, 1.54) is 22.0 Å². The minimum Gasteiger partial charge on any atom is -0.361 e. The summed E-state index contributed by atoms with van der Waals surface area (Å²) in [6.45, 7) is 3.56. The van der Waals surface area contributed by atoms with Crippen LogP contribution in [0.25, 0.3) is 10.9 Å². The number of aliphatic imine (C=N–C) groups is 1. The predicted octanol–water partition coefficient (Wildman–Crippen LogP) is 3.75.